The Bertz CT molecular complexity index is 549. The van der Waals surface area contributed by atoms with E-state index in [2.05, 4.69) is 22.5 Å². The number of ether oxygens (including phenoxy) is 3. The van der Waals surface area contributed by atoms with E-state index in [9.17, 15) is 4.79 Å². The molecule has 1 aromatic rings. The van der Waals surface area contributed by atoms with E-state index in [0.717, 1.165) is 18.5 Å². The van der Waals surface area contributed by atoms with E-state index in [4.69, 9.17) is 14.2 Å². The molecule has 0 aromatic heterocycles. The number of carbonyl (C=O) groups excluding carboxylic acids is 1. The summed E-state index contributed by atoms with van der Waals surface area (Å²) in [5.41, 5.74) is 1.54. The minimum atomic E-state index is -0.112. The first-order valence-corrected chi connectivity index (χ1v) is 9.03. The summed E-state index contributed by atoms with van der Waals surface area (Å²) in [4.78, 5) is 12.0. The van der Waals surface area contributed by atoms with Crippen LogP contribution in [0, 0.1) is 11.8 Å². The molecule has 0 fully saturated rings. The van der Waals surface area contributed by atoms with Gasteiger partial charge < -0.3 is 24.8 Å². The Balaban J connectivity index is 2.01. The lowest BCUT2D eigenvalue weighted by Crippen LogP contribution is -2.27. The highest BCUT2D eigenvalue weighted by Crippen LogP contribution is 2.03. The predicted octanol–water partition coefficient (Wildman–Crippen LogP) is 1.45. The van der Waals surface area contributed by atoms with Gasteiger partial charge in [-0.1, -0.05) is 18.8 Å². The third-order valence-electron chi connectivity index (χ3n) is 3.33. The molecule has 0 unspecified atom stereocenters. The summed E-state index contributed by atoms with van der Waals surface area (Å²) in [5.74, 6) is 5.92. The molecule has 144 valence electrons. The van der Waals surface area contributed by atoms with Gasteiger partial charge >= 0.3 is 0 Å². The maximum absolute atomic E-state index is 12.0. The molecule has 0 bridgehead atoms. The summed E-state index contributed by atoms with van der Waals surface area (Å²) in [6.07, 6.45) is 0.817. The number of rotatable bonds is 13. The molecule has 0 aliphatic carbocycles. The van der Waals surface area contributed by atoms with Gasteiger partial charge in [0.05, 0.1) is 39.6 Å². The van der Waals surface area contributed by atoms with Gasteiger partial charge in [-0.05, 0) is 31.3 Å². The summed E-state index contributed by atoms with van der Waals surface area (Å²) in [6.45, 7) is 6.60. The molecule has 1 rings (SSSR count). The van der Waals surface area contributed by atoms with E-state index < -0.39 is 0 Å². The quantitative estimate of drug-likeness (QED) is 0.411. The topological polar surface area (TPSA) is 68.8 Å². The molecule has 2 N–H and O–H groups in total. The molecule has 0 atom stereocenters. The van der Waals surface area contributed by atoms with Gasteiger partial charge in [0.1, 0.15) is 0 Å². The van der Waals surface area contributed by atoms with Gasteiger partial charge in [0.25, 0.3) is 5.91 Å². The summed E-state index contributed by atoms with van der Waals surface area (Å²) in [7, 11) is 1.89. The highest BCUT2D eigenvalue weighted by Gasteiger charge is 2.04. The lowest BCUT2D eigenvalue weighted by molar-refractivity contribution is 0.0159. The van der Waals surface area contributed by atoms with Crippen molar-refractivity contribution in [2.75, 3.05) is 59.8 Å². The molecule has 1 amide bonds. The first kappa shape index (κ1) is 22.1. The molecule has 6 nitrogen and oxygen atoms in total. The van der Waals surface area contributed by atoms with Gasteiger partial charge in [-0.2, -0.15) is 0 Å². The maximum Gasteiger partial charge on any atom is 0.251 e. The average Bonchev–Trinajstić information content (AvgIpc) is 2.67. The van der Waals surface area contributed by atoms with E-state index in [1.807, 2.05) is 26.1 Å². The minimum absolute atomic E-state index is 0.112. The molecule has 0 aliphatic rings. The SMILES string of the molecule is CCC#Cc1ccc(C(=O)NCCOCCOCCOCCNC)cc1. The van der Waals surface area contributed by atoms with E-state index in [1.165, 1.54) is 0 Å². The summed E-state index contributed by atoms with van der Waals surface area (Å²) in [5, 5.41) is 5.83. The Kier molecular flexibility index (Phi) is 13.1. The molecular formula is C20H30N2O4. The van der Waals surface area contributed by atoms with Gasteiger partial charge in [-0.25, -0.2) is 0 Å². The molecule has 1 aromatic carbocycles. The predicted molar refractivity (Wildman–Crippen MR) is 102 cm³/mol. The van der Waals surface area contributed by atoms with Crippen molar-refractivity contribution in [3.05, 3.63) is 35.4 Å². The second kappa shape index (κ2) is 15.4. The molecular weight excluding hydrogens is 332 g/mol. The molecule has 6 heteroatoms. The number of likely N-dealkylation sites (N-methyl/N-ethyl adjacent to an activating group) is 1. The smallest absolute Gasteiger partial charge is 0.251 e. The van der Waals surface area contributed by atoms with Crippen LogP contribution in [0.25, 0.3) is 0 Å². The monoisotopic (exact) mass is 362 g/mol. The summed E-state index contributed by atoms with van der Waals surface area (Å²) >= 11 is 0. The van der Waals surface area contributed by atoms with Crippen LogP contribution in [-0.4, -0.2) is 65.7 Å². The molecule has 0 heterocycles. The van der Waals surface area contributed by atoms with Crippen molar-refractivity contribution < 1.29 is 19.0 Å². The van der Waals surface area contributed by atoms with Crippen LogP contribution in [0.2, 0.25) is 0 Å². The first-order chi connectivity index (χ1) is 12.8. The highest BCUT2D eigenvalue weighted by molar-refractivity contribution is 5.94. The fourth-order valence-electron chi connectivity index (χ4n) is 1.95. The van der Waals surface area contributed by atoms with Crippen molar-refractivity contribution in [3.8, 4) is 11.8 Å². The fraction of sp³-hybridized carbons (Fsp3) is 0.550. The van der Waals surface area contributed by atoms with Gasteiger partial charge in [-0.15, -0.1) is 0 Å². The standard InChI is InChI=1S/C20H30N2O4/c1-3-4-5-18-6-8-19(9-7-18)20(23)22-11-13-25-15-17-26-16-14-24-12-10-21-2/h6-9,21H,3,10-17H2,1-2H3,(H,22,23). The van der Waals surface area contributed by atoms with E-state index in [-0.39, 0.29) is 5.91 Å². The number of amides is 1. The molecule has 0 saturated heterocycles. The maximum atomic E-state index is 12.0. The Morgan fingerprint density at radius 1 is 0.923 bits per heavy atom. The van der Waals surface area contributed by atoms with Gasteiger partial charge in [0.15, 0.2) is 0 Å². The van der Waals surface area contributed by atoms with Crippen molar-refractivity contribution in [1.29, 1.82) is 0 Å². The molecule has 0 spiro atoms. The fourth-order valence-corrected chi connectivity index (χ4v) is 1.95. The van der Waals surface area contributed by atoms with Crippen molar-refractivity contribution in [1.82, 2.24) is 10.6 Å². The molecule has 0 radical (unpaired) electrons. The average molecular weight is 362 g/mol. The normalized spacial score (nSPS) is 10.2. The van der Waals surface area contributed by atoms with Crippen molar-refractivity contribution >= 4 is 5.91 Å². The number of hydrogen-bond acceptors (Lipinski definition) is 5. The van der Waals surface area contributed by atoms with E-state index in [1.54, 1.807) is 12.1 Å². The minimum Gasteiger partial charge on any atom is -0.378 e. The van der Waals surface area contributed by atoms with Crippen LogP contribution < -0.4 is 10.6 Å². The van der Waals surface area contributed by atoms with Crippen LogP contribution in [-0.2, 0) is 14.2 Å². The number of carbonyl (C=O) groups is 1. The van der Waals surface area contributed by atoms with Crippen LogP contribution in [0.3, 0.4) is 0 Å². The Hall–Kier alpha value is -1.91. The second-order valence-corrected chi connectivity index (χ2v) is 5.43. The largest absolute Gasteiger partial charge is 0.378 e. The Labute approximate surface area is 156 Å². The summed E-state index contributed by atoms with van der Waals surface area (Å²) in [6, 6.07) is 7.27. The van der Waals surface area contributed by atoms with Crippen LogP contribution in [0.5, 0.6) is 0 Å². The molecule has 26 heavy (non-hydrogen) atoms. The molecule has 0 aliphatic heterocycles. The van der Waals surface area contributed by atoms with Gasteiger partial charge in [-0.3, -0.25) is 4.79 Å². The van der Waals surface area contributed by atoms with Crippen LogP contribution in [0.4, 0.5) is 0 Å². The highest BCUT2D eigenvalue weighted by atomic mass is 16.5. The second-order valence-electron chi connectivity index (χ2n) is 5.43. The van der Waals surface area contributed by atoms with Crippen molar-refractivity contribution in [2.24, 2.45) is 0 Å². The molecule has 0 saturated carbocycles. The van der Waals surface area contributed by atoms with Crippen LogP contribution in [0.15, 0.2) is 24.3 Å². The third kappa shape index (κ3) is 10.9. The number of nitrogens with one attached hydrogen (secondary N) is 2. The van der Waals surface area contributed by atoms with Gasteiger partial charge in [0, 0.05) is 30.6 Å². The number of benzene rings is 1. The van der Waals surface area contributed by atoms with E-state index >= 15 is 0 Å². The third-order valence-corrected chi connectivity index (χ3v) is 3.33. The lowest BCUT2D eigenvalue weighted by atomic mass is 10.1. The van der Waals surface area contributed by atoms with E-state index in [0.29, 0.717) is 51.7 Å². The van der Waals surface area contributed by atoms with Crippen molar-refractivity contribution in [3.63, 3.8) is 0 Å². The van der Waals surface area contributed by atoms with Crippen LogP contribution in [0.1, 0.15) is 29.3 Å². The summed E-state index contributed by atoms with van der Waals surface area (Å²) < 4.78 is 16.1. The first-order valence-electron chi connectivity index (χ1n) is 9.03. The van der Waals surface area contributed by atoms with Gasteiger partial charge in [0.2, 0.25) is 0 Å². The zero-order chi connectivity index (χ0) is 18.9. The van der Waals surface area contributed by atoms with Crippen LogP contribution >= 0.6 is 0 Å². The zero-order valence-corrected chi connectivity index (χ0v) is 15.8. The Morgan fingerprint density at radius 3 is 2.08 bits per heavy atom. The Morgan fingerprint density at radius 2 is 1.50 bits per heavy atom. The van der Waals surface area contributed by atoms with Crippen molar-refractivity contribution in [2.45, 2.75) is 13.3 Å². The zero-order valence-electron chi connectivity index (χ0n) is 15.8. The number of hydrogen-bond donors (Lipinski definition) is 2. The lowest BCUT2D eigenvalue weighted by Gasteiger charge is -2.08.